The summed E-state index contributed by atoms with van der Waals surface area (Å²) in [7, 11) is 4.11. The summed E-state index contributed by atoms with van der Waals surface area (Å²) in [4.78, 5) is 17.7. The fourth-order valence-electron chi connectivity index (χ4n) is 3.70. The molecule has 0 saturated carbocycles. The van der Waals surface area contributed by atoms with Gasteiger partial charge in [-0.05, 0) is 71.2 Å². The predicted octanol–water partition coefficient (Wildman–Crippen LogP) is 3.33. The molecule has 1 heterocycles. The van der Waals surface area contributed by atoms with E-state index in [-0.39, 0.29) is 23.7 Å². The lowest BCUT2D eigenvalue weighted by Crippen LogP contribution is -3.00. The van der Waals surface area contributed by atoms with E-state index in [0.29, 0.717) is 13.1 Å². The third kappa shape index (κ3) is 6.18. The van der Waals surface area contributed by atoms with Crippen molar-refractivity contribution in [3.63, 3.8) is 0 Å². The van der Waals surface area contributed by atoms with Gasteiger partial charge < -0.3 is 17.3 Å². The van der Waals surface area contributed by atoms with E-state index >= 15 is 0 Å². The molecule has 0 fully saturated rings. The molecule has 0 spiro atoms. The highest BCUT2D eigenvalue weighted by Gasteiger charge is 2.26. The Kier molecular flexibility index (Phi) is 9.16. The molecule has 1 amide bonds. The van der Waals surface area contributed by atoms with Crippen LogP contribution in [0.1, 0.15) is 50.5 Å². The lowest BCUT2D eigenvalue weighted by Gasteiger charge is -2.28. The Labute approximate surface area is 209 Å². The Morgan fingerprint density at radius 2 is 1.58 bits per heavy atom. The summed E-state index contributed by atoms with van der Waals surface area (Å²) < 4.78 is 2.11. The zero-order valence-electron chi connectivity index (χ0n) is 20.8. The normalized spacial score (nSPS) is 15.7. The van der Waals surface area contributed by atoms with E-state index < -0.39 is 0 Å². The maximum atomic E-state index is 13.3. The molecule has 3 rings (SSSR count). The lowest BCUT2D eigenvalue weighted by atomic mass is 9.91. The Morgan fingerprint density at radius 1 is 0.970 bits per heavy atom. The first-order valence-electron chi connectivity index (χ1n) is 11.3. The average molecular weight is 483 g/mol. The summed E-state index contributed by atoms with van der Waals surface area (Å²) in [6, 6.07) is 8.00. The number of carbonyl (C=O) groups excluding carboxylic acids is 1. The van der Waals surface area contributed by atoms with Crippen molar-refractivity contribution in [2.24, 2.45) is 5.41 Å². The second kappa shape index (κ2) is 11.2. The number of hydrogen-bond acceptors (Lipinski definition) is 2. The van der Waals surface area contributed by atoms with E-state index in [1.807, 2.05) is 48.7 Å². The SMILES string of the molecule is CCN(CC)C(=O)c1ccccc1C1=CC(=C2C=CC(=[N+](C)C)C=C2)SC(C(C)(C)C)=C1.[Cl-]. The fraction of sp³-hybridized carbons (Fsp3) is 0.357. The van der Waals surface area contributed by atoms with Crippen LogP contribution < -0.4 is 12.4 Å². The first-order chi connectivity index (χ1) is 15.2. The van der Waals surface area contributed by atoms with Crippen molar-refractivity contribution >= 4 is 29.0 Å². The van der Waals surface area contributed by atoms with E-state index in [0.717, 1.165) is 16.7 Å². The molecule has 1 aromatic rings. The summed E-state index contributed by atoms with van der Waals surface area (Å²) in [6.07, 6.45) is 13.2. The maximum absolute atomic E-state index is 13.3. The molecule has 3 nitrogen and oxygen atoms in total. The molecule has 0 saturated heterocycles. The van der Waals surface area contributed by atoms with Gasteiger partial charge >= 0.3 is 0 Å². The second-order valence-electron chi connectivity index (χ2n) is 9.29. The van der Waals surface area contributed by atoms with Gasteiger partial charge in [0, 0.05) is 35.7 Å². The number of amides is 1. The molecule has 176 valence electrons. The molecule has 0 atom stereocenters. The standard InChI is InChI=1S/C28H35N2OS.ClH/c1-8-30(9-2)27(31)24-13-11-10-12-23(24)21-18-25(32-26(19-21)28(3,4)5)20-14-16-22(17-15-20)29(6)7;/h10-19H,8-9H2,1-7H3;1H/q+1;/p-1. The third-order valence-electron chi connectivity index (χ3n) is 5.72. The molecule has 1 aromatic carbocycles. The number of hydrogen-bond donors (Lipinski definition) is 0. The zero-order valence-corrected chi connectivity index (χ0v) is 22.3. The van der Waals surface area contributed by atoms with Gasteiger partial charge in [0.2, 0.25) is 0 Å². The molecular weight excluding hydrogens is 448 g/mol. The molecule has 33 heavy (non-hydrogen) atoms. The number of nitrogens with zero attached hydrogens (tertiary/aromatic N) is 2. The van der Waals surface area contributed by atoms with Crippen LogP contribution in [0.5, 0.6) is 0 Å². The van der Waals surface area contributed by atoms with Crippen LogP contribution in [-0.2, 0) is 0 Å². The topological polar surface area (TPSA) is 23.3 Å². The molecule has 0 bridgehead atoms. The number of carbonyl (C=O) groups is 1. The van der Waals surface area contributed by atoms with Crippen molar-refractivity contribution in [1.82, 2.24) is 4.90 Å². The van der Waals surface area contributed by atoms with Crippen LogP contribution in [0.15, 0.2) is 76.1 Å². The highest BCUT2D eigenvalue weighted by molar-refractivity contribution is 8.07. The summed E-state index contributed by atoms with van der Waals surface area (Å²) >= 11 is 1.83. The van der Waals surface area contributed by atoms with Crippen LogP contribution in [0, 0.1) is 5.41 Å². The van der Waals surface area contributed by atoms with Crippen LogP contribution in [0.25, 0.3) is 5.57 Å². The third-order valence-corrected chi connectivity index (χ3v) is 7.24. The van der Waals surface area contributed by atoms with Gasteiger partial charge in [0.25, 0.3) is 5.91 Å². The smallest absolute Gasteiger partial charge is 0.254 e. The minimum atomic E-state index is 0. The summed E-state index contributed by atoms with van der Waals surface area (Å²) in [5, 5.41) is 0. The molecule has 0 unspecified atom stereocenters. The minimum Gasteiger partial charge on any atom is -1.00 e. The van der Waals surface area contributed by atoms with Gasteiger partial charge in [0.15, 0.2) is 5.71 Å². The van der Waals surface area contributed by atoms with E-state index in [9.17, 15) is 4.79 Å². The van der Waals surface area contributed by atoms with Crippen LogP contribution in [0.2, 0.25) is 0 Å². The Bertz CT molecular complexity index is 1070. The van der Waals surface area contributed by atoms with Crippen molar-refractivity contribution < 1.29 is 21.8 Å². The van der Waals surface area contributed by atoms with E-state index in [1.54, 1.807) is 0 Å². The van der Waals surface area contributed by atoms with Crippen molar-refractivity contribution in [2.75, 3.05) is 27.2 Å². The van der Waals surface area contributed by atoms with Gasteiger partial charge in [-0.15, -0.1) is 0 Å². The minimum absolute atomic E-state index is 0. The van der Waals surface area contributed by atoms with Gasteiger partial charge in [0.05, 0.1) is 0 Å². The molecular formula is C28H35ClN2OS. The number of halogens is 1. The monoisotopic (exact) mass is 482 g/mol. The fourth-order valence-corrected chi connectivity index (χ4v) is 4.86. The van der Waals surface area contributed by atoms with Gasteiger partial charge in [-0.3, -0.25) is 4.79 Å². The molecule has 2 aliphatic rings. The van der Waals surface area contributed by atoms with Gasteiger partial charge in [-0.25, -0.2) is 4.58 Å². The van der Waals surface area contributed by atoms with Gasteiger partial charge in [0.1, 0.15) is 14.1 Å². The first kappa shape index (κ1) is 26.9. The molecule has 0 aromatic heterocycles. The highest BCUT2D eigenvalue weighted by atomic mass is 35.5. The van der Waals surface area contributed by atoms with Crippen LogP contribution in [0.3, 0.4) is 0 Å². The summed E-state index contributed by atoms with van der Waals surface area (Å²) in [5.74, 6) is 0.0901. The molecule has 5 heteroatoms. The van der Waals surface area contributed by atoms with Gasteiger partial charge in [-0.2, -0.15) is 0 Å². The predicted molar refractivity (Wildman–Crippen MR) is 139 cm³/mol. The largest absolute Gasteiger partial charge is 1.00 e. The molecule has 1 aliphatic heterocycles. The van der Waals surface area contributed by atoms with Gasteiger partial charge in [-0.1, -0.05) is 50.7 Å². The van der Waals surface area contributed by atoms with Crippen molar-refractivity contribution in [2.45, 2.75) is 34.6 Å². The van der Waals surface area contributed by atoms with E-state index in [1.165, 1.54) is 21.1 Å². The molecule has 1 aliphatic carbocycles. The molecule has 0 N–H and O–H groups in total. The van der Waals surface area contributed by atoms with E-state index in [2.05, 4.69) is 82.0 Å². The second-order valence-corrected chi connectivity index (χ2v) is 10.4. The number of thioether (sulfide) groups is 1. The van der Waals surface area contributed by atoms with Crippen molar-refractivity contribution in [1.29, 1.82) is 0 Å². The van der Waals surface area contributed by atoms with Crippen LogP contribution in [0.4, 0.5) is 0 Å². The lowest BCUT2D eigenvalue weighted by molar-refractivity contribution is -0.462. The van der Waals surface area contributed by atoms with Crippen LogP contribution in [-0.4, -0.2) is 48.3 Å². The first-order valence-corrected chi connectivity index (χ1v) is 12.1. The summed E-state index contributed by atoms with van der Waals surface area (Å²) in [5.41, 5.74) is 5.24. The van der Waals surface area contributed by atoms with Crippen LogP contribution >= 0.6 is 11.8 Å². The zero-order chi connectivity index (χ0) is 23.5. The van der Waals surface area contributed by atoms with Crippen molar-refractivity contribution in [3.05, 3.63) is 87.2 Å². The Balaban J connectivity index is 0.00000385. The summed E-state index contributed by atoms with van der Waals surface area (Å²) in [6.45, 7) is 12.2. The molecule has 0 radical (unpaired) electrons. The van der Waals surface area contributed by atoms with E-state index in [4.69, 9.17) is 0 Å². The highest BCUT2D eigenvalue weighted by Crippen LogP contribution is 2.46. The Morgan fingerprint density at radius 3 is 2.12 bits per heavy atom. The number of allylic oxidation sites excluding steroid dienone is 9. The Hall–Kier alpha value is -2.30. The number of rotatable bonds is 4. The number of benzene rings is 1. The average Bonchev–Trinajstić information content (AvgIpc) is 2.79. The quantitative estimate of drug-likeness (QED) is 0.614. The van der Waals surface area contributed by atoms with Crippen molar-refractivity contribution in [3.8, 4) is 0 Å². The maximum Gasteiger partial charge on any atom is 0.254 e.